The standard InChI is InChI=1S/C21H17BrO7/c1-11(21(24)25-2)28-15-3-4-16-17(8-15)29-18(19(16)23)7-12-5-14(22)6-13-9-26-10-27-20(12)13/h3-8,11H,9-10H2,1-2H3/t11-/m0/s1. The van der Waals surface area contributed by atoms with Gasteiger partial charge >= 0.3 is 5.97 Å². The summed E-state index contributed by atoms with van der Waals surface area (Å²) in [6.07, 6.45) is 0.868. The van der Waals surface area contributed by atoms with Gasteiger partial charge in [0.05, 0.1) is 19.3 Å². The Morgan fingerprint density at radius 3 is 2.90 bits per heavy atom. The minimum Gasteiger partial charge on any atom is -0.479 e. The van der Waals surface area contributed by atoms with Gasteiger partial charge in [0.15, 0.2) is 18.7 Å². The van der Waals surface area contributed by atoms with Crippen LogP contribution >= 0.6 is 15.9 Å². The average molecular weight is 461 g/mol. The van der Waals surface area contributed by atoms with E-state index in [0.717, 1.165) is 10.0 Å². The lowest BCUT2D eigenvalue weighted by molar-refractivity contribution is -0.147. The van der Waals surface area contributed by atoms with Gasteiger partial charge in [-0.1, -0.05) is 15.9 Å². The van der Waals surface area contributed by atoms with Crippen molar-refractivity contribution in [3.8, 4) is 17.2 Å². The molecular formula is C21H17BrO7. The van der Waals surface area contributed by atoms with E-state index in [0.29, 0.717) is 35.0 Å². The van der Waals surface area contributed by atoms with Gasteiger partial charge in [0.1, 0.15) is 17.2 Å². The molecule has 2 aliphatic heterocycles. The van der Waals surface area contributed by atoms with Crippen molar-refractivity contribution in [2.45, 2.75) is 19.6 Å². The summed E-state index contributed by atoms with van der Waals surface area (Å²) in [5.41, 5.74) is 2.01. The van der Waals surface area contributed by atoms with Crippen LogP contribution in [-0.4, -0.2) is 31.8 Å². The van der Waals surface area contributed by atoms with Crippen LogP contribution in [0.2, 0.25) is 0 Å². The topological polar surface area (TPSA) is 80.3 Å². The second-order valence-electron chi connectivity index (χ2n) is 6.47. The van der Waals surface area contributed by atoms with E-state index in [-0.39, 0.29) is 18.3 Å². The molecule has 0 aliphatic carbocycles. The molecule has 0 radical (unpaired) electrons. The molecule has 7 nitrogen and oxygen atoms in total. The maximum atomic E-state index is 12.8. The van der Waals surface area contributed by atoms with Crippen LogP contribution in [0.3, 0.4) is 0 Å². The molecule has 2 heterocycles. The fraction of sp³-hybridized carbons (Fsp3) is 0.238. The van der Waals surface area contributed by atoms with Crippen molar-refractivity contribution in [1.82, 2.24) is 0 Å². The predicted molar refractivity (Wildman–Crippen MR) is 106 cm³/mol. The van der Waals surface area contributed by atoms with E-state index in [9.17, 15) is 9.59 Å². The van der Waals surface area contributed by atoms with Crippen molar-refractivity contribution >= 4 is 33.8 Å². The Balaban J connectivity index is 1.62. The van der Waals surface area contributed by atoms with Gasteiger partial charge in [-0.15, -0.1) is 0 Å². The van der Waals surface area contributed by atoms with Crippen LogP contribution in [0.1, 0.15) is 28.4 Å². The fourth-order valence-electron chi connectivity index (χ4n) is 3.12. The normalized spacial score (nSPS) is 17.1. The second kappa shape index (κ2) is 7.88. The Hall–Kier alpha value is -2.84. The number of fused-ring (bicyclic) bond motifs is 2. The Kier molecular flexibility index (Phi) is 5.29. The number of esters is 1. The molecule has 29 heavy (non-hydrogen) atoms. The molecule has 4 rings (SSSR count). The molecule has 0 fully saturated rings. The van der Waals surface area contributed by atoms with E-state index < -0.39 is 12.1 Å². The van der Waals surface area contributed by atoms with Gasteiger partial charge in [-0.3, -0.25) is 4.79 Å². The van der Waals surface area contributed by atoms with Crippen molar-refractivity contribution in [1.29, 1.82) is 0 Å². The number of ether oxygens (including phenoxy) is 5. The maximum Gasteiger partial charge on any atom is 0.346 e. The highest BCUT2D eigenvalue weighted by Crippen LogP contribution is 2.38. The van der Waals surface area contributed by atoms with Crippen molar-refractivity contribution < 1.29 is 33.3 Å². The third-order valence-electron chi connectivity index (χ3n) is 4.48. The number of halogens is 1. The SMILES string of the molecule is COC(=O)[C@H](C)Oc1ccc2c(c1)OC(=Cc1cc(Br)cc3c1OCOC3)C2=O. The molecule has 0 bridgehead atoms. The number of benzene rings is 2. The number of rotatable bonds is 4. The quantitative estimate of drug-likeness (QED) is 0.505. The zero-order valence-corrected chi connectivity index (χ0v) is 17.3. The molecule has 2 aromatic rings. The van der Waals surface area contributed by atoms with Gasteiger partial charge < -0.3 is 23.7 Å². The van der Waals surface area contributed by atoms with Crippen LogP contribution in [0.5, 0.6) is 17.2 Å². The van der Waals surface area contributed by atoms with Crippen LogP contribution in [0.25, 0.3) is 6.08 Å². The lowest BCUT2D eigenvalue weighted by Crippen LogP contribution is -2.24. The van der Waals surface area contributed by atoms with Gasteiger partial charge in [0.2, 0.25) is 5.78 Å². The number of ketones is 1. The first-order valence-corrected chi connectivity index (χ1v) is 9.61. The summed E-state index contributed by atoms with van der Waals surface area (Å²) in [5, 5.41) is 0. The zero-order chi connectivity index (χ0) is 20.5. The first-order chi connectivity index (χ1) is 14.0. The molecule has 0 aromatic heterocycles. The summed E-state index contributed by atoms with van der Waals surface area (Å²) in [6, 6.07) is 8.56. The molecular weight excluding hydrogens is 444 g/mol. The van der Waals surface area contributed by atoms with E-state index in [1.54, 1.807) is 31.2 Å². The third-order valence-corrected chi connectivity index (χ3v) is 4.94. The molecule has 1 atom stereocenters. The maximum absolute atomic E-state index is 12.8. The lowest BCUT2D eigenvalue weighted by atomic mass is 10.1. The highest BCUT2D eigenvalue weighted by atomic mass is 79.9. The summed E-state index contributed by atoms with van der Waals surface area (Å²) in [5.74, 6) is 0.864. The summed E-state index contributed by atoms with van der Waals surface area (Å²) < 4.78 is 27.7. The fourth-order valence-corrected chi connectivity index (χ4v) is 3.64. The minimum absolute atomic E-state index is 0.152. The first kappa shape index (κ1) is 19.5. The number of carbonyl (C=O) groups is 2. The number of allylic oxidation sites excluding steroid dienone is 1. The number of hydrogen-bond donors (Lipinski definition) is 0. The predicted octanol–water partition coefficient (Wildman–Crippen LogP) is 3.87. The van der Waals surface area contributed by atoms with E-state index in [1.807, 2.05) is 12.1 Å². The smallest absolute Gasteiger partial charge is 0.346 e. The Bertz CT molecular complexity index is 1030. The Morgan fingerprint density at radius 1 is 1.28 bits per heavy atom. The van der Waals surface area contributed by atoms with E-state index >= 15 is 0 Å². The average Bonchev–Trinajstić information content (AvgIpc) is 3.02. The molecule has 8 heteroatoms. The summed E-state index contributed by atoms with van der Waals surface area (Å²) in [4.78, 5) is 24.3. The monoisotopic (exact) mass is 460 g/mol. The molecule has 0 N–H and O–H groups in total. The van der Waals surface area contributed by atoms with E-state index in [1.165, 1.54) is 7.11 Å². The van der Waals surface area contributed by atoms with Crippen LogP contribution in [0.15, 0.2) is 40.6 Å². The molecule has 2 aromatic carbocycles. The van der Waals surface area contributed by atoms with Gasteiger partial charge in [0, 0.05) is 21.7 Å². The molecule has 0 saturated heterocycles. The van der Waals surface area contributed by atoms with Gasteiger partial charge in [-0.2, -0.15) is 0 Å². The molecule has 0 saturated carbocycles. The largest absolute Gasteiger partial charge is 0.479 e. The highest BCUT2D eigenvalue weighted by molar-refractivity contribution is 9.10. The van der Waals surface area contributed by atoms with Gasteiger partial charge in [-0.25, -0.2) is 4.79 Å². The highest BCUT2D eigenvalue weighted by Gasteiger charge is 2.29. The Labute approximate surface area is 175 Å². The van der Waals surface area contributed by atoms with Gasteiger partial charge in [-0.05, 0) is 37.3 Å². The Morgan fingerprint density at radius 2 is 2.10 bits per heavy atom. The van der Waals surface area contributed by atoms with Crippen LogP contribution < -0.4 is 14.2 Å². The van der Waals surface area contributed by atoms with E-state index in [4.69, 9.17) is 18.9 Å². The molecule has 150 valence electrons. The summed E-state index contributed by atoms with van der Waals surface area (Å²) in [7, 11) is 1.29. The summed E-state index contributed by atoms with van der Waals surface area (Å²) >= 11 is 3.46. The second-order valence-corrected chi connectivity index (χ2v) is 7.39. The first-order valence-electron chi connectivity index (χ1n) is 8.82. The van der Waals surface area contributed by atoms with Crippen molar-refractivity contribution in [2.75, 3.05) is 13.9 Å². The van der Waals surface area contributed by atoms with Crippen molar-refractivity contribution in [2.24, 2.45) is 0 Å². The number of methoxy groups -OCH3 is 1. The van der Waals surface area contributed by atoms with Crippen molar-refractivity contribution in [3.63, 3.8) is 0 Å². The molecule has 2 aliphatic rings. The number of Topliss-reactive ketones (excluding diaryl/α,β-unsaturated/α-hetero) is 1. The number of hydrogen-bond acceptors (Lipinski definition) is 7. The van der Waals surface area contributed by atoms with Gasteiger partial charge in [0.25, 0.3) is 0 Å². The zero-order valence-electron chi connectivity index (χ0n) is 15.7. The van der Waals surface area contributed by atoms with Crippen molar-refractivity contribution in [3.05, 3.63) is 57.3 Å². The summed E-state index contributed by atoms with van der Waals surface area (Å²) in [6.45, 7) is 2.16. The van der Waals surface area contributed by atoms with Crippen LogP contribution in [-0.2, 0) is 20.9 Å². The van der Waals surface area contributed by atoms with Crippen LogP contribution in [0, 0.1) is 0 Å². The molecule has 0 unspecified atom stereocenters. The number of carbonyl (C=O) groups excluding carboxylic acids is 2. The van der Waals surface area contributed by atoms with Crippen LogP contribution in [0.4, 0.5) is 0 Å². The third kappa shape index (κ3) is 3.86. The molecule has 0 amide bonds. The molecule has 0 spiro atoms. The lowest BCUT2D eigenvalue weighted by Gasteiger charge is -2.20. The van der Waals surface area contributed by atoms with E-state index in [2.05, 4.69) is 20.7 Å². The minimum atomic E-state index is -0.780.